The minimum atomic E-state index is -0.544. The molecule has 1 saturated heterocycles. The first-order valence-electron chi connectivity index (χ1n) is 7.72. The summed E-state index contributed by atoms with van der Waals surface area (Å²) in [5, 5.41) is 13.7. The molecule has 2 aromatic rings. The first kappa shape index (κ1) is 16.8. The van der Waals surface area contributed by atoms with Crippen molar-refractivity contribution >= 4 is 23.0 Å². The fourth-order valence-electron chi connectivity index (χ4n) is 2.63. The fourth-order valence-corrected chi connectivity index (χ4v) is 2.63. The largest absolute Gasteiger partial charge is 0.378 e. The molecule has 0 saturated carbocycles. The second-order valence-electron chi connectivity index (χ2n) is 5.52. The third-order valence-electron chi connectivity index (χ3n) is 3.89. The van der Waals surface area contributed by atoms with Gasteiger partial charge in [-0.05, 0) is 30.3 Å². The van der Waals surface area contributed by atoms with E-state index in [2.05, 4.69) is 5.32 Å². The number of carbonyl (C=O) groups is 1. The van der Waals surface area contributed by atoms with E-state index in [0.717, 1.165) is 0 Å². The molecule has 0 bridgehead atoms. The number of hydrogen-bond acceptors (Lipinski definition) is 5. The van der Waals surface area contributed by atoms with Crippen molar-refractivity contribution in [2.45, 2.75) is 0 Å². The van der Waals surface area contributed by atoms with Crippen molar-refractivity contribution in [3.05, 3.63) is 64.0 Å². The zero-order chi connectivity index (χ0) is 17.8. The zero-order valence-electron chi connectivity index (χ0n) is 13.3. The van der Waals surface area contributed by atoms with Gasteiger partial charge in [-0.2, -0.15) is 0 Å². The van der Waals surface area contributed by atoms with Crippen molar-refractivity contribution in [3.8, 4) is 0 Å². The summed E-state index contributed by atoms with van der Waals surface area (Å²) >= 11 is 0. The molecule has 1 amide bonds. The molecule has 3 rings (SSSR count). The first-order valence-corrected chi connectivity index (χ1v) is 7.72. The molecule has 1 heterocycles. The molecule has 0 radical (unpaired) electrons. The number of amides is 1. The second kappa shape index (κ2) is 7.27. The Hall–Kier alpha value is -3.00. The third kappa shape index (κ3) is 3.92. The number of non-ortho nitro benzene ring substituents is 1. The summed E-state index contributed by atoms with van der Waals surface area (Å²) in [5.41, 5.74) is 1.04. The SMILES string of the molecule is O=C(Nc1ccc(F)cc1)c1cc([N+](=O)[O-])ccc1N1CCOCC1. The molecule has 7 nitrogen and oxygen atoms in total. The van der Waals surface area contributed by atoms with Gasteiger partial charge in [-0.25, -0.2) is 4.39 Å². The van der Waals surface area contributed by atoms with Gasteiger partial charge in [0.2, 0.25) is 0 Å². The molecule has 2 aromatic carbocycles. The molecule has 0 aliphatic carbocycles. The number of nitro groups is 1. The van der Waals surface area contributed by atoms with Gasteiger partial charge in [-0.1, -0.05) is 0 Å². The van der Waals surface area contributed by atoms with E-state index in [1.165, 1.54) is 36.4 Å². The molecule has 0 spiro atoms. The Morgan fingerprint density at radius 3 is 2.48 bits per heavy atom. The Balaban J connectivity index is 1.92. The lowest BCUT2D eigenvalue weighted by atomic mass is 10.1. The predicted molar refractivity (Wildman–Crippen MR) is 90.5 cm³/mol. The highest BCUT2D eigenvalue weighted by Gasteiger charge is 2.22. The lowest BCUT2D eigenvalue weighted by Crippen LogP contribution is -2.37. The molecule has 0 aromatic heterocycles. The van der Waals surface area contributed by atoms with E-state index in [9.17, 15) is 19.3 Å². The van der Waals surface area contributed by atoms with Crippen LogP contribution in [0, 0.1) is 15.9 Å². The van der Waals surface area contributed by atoms with E-state index in [0.29, 0.717) is 37.7 Å². The number of anilines is 2. The summed E-state index contributed by atoms with van der Waals surface area (Å²) in [6.45, 7) is 2.23. The number of morpholine rings is 1. The number of hydrogen-bond donors (Lipinski definition) is 1. The fraction of sp³-hybridized carbons (Fsp3) is 0.235. The number of carbonyl (C=O) groups excluding carboxylic acids is 1. The van der Waals surface area contributed by atoms with Crippen LogP contribution >= 0.6 is 0 Å². The first-order chi connectivity index (χ1) is 12.0. The van der Waals surface area contributed by atoms with E-state index in [4.69, 9.17) is 4.74 Å². The van der Waals surface area contributed by atoms with Gasteiger partial charge >= 0.3 is 0 Å². The van der Waals surface area contributed by atoms with Crippen molar-refractivity contribution in [2.75, 3.05) is 36.5 Å². The molecule has 25 heavy (non-hydrogen) atoms. The summed E-state index contributed by atoms with van der Waals surface area (Å²) in [5.74, 6) is -0.904. The molecule has 0 unspecified atom stereocenters. The summed E-state index contributed by atoms with van der Waals surface area (Å²) in [7, 11) is 0. The number of nitrogens with one attached hydrogen (secondary N) is 1. The molecule has 1 N–H and O–H groups in total. The van der Waals surface area contributed by atoms with Gasteiger partial charge in [-0.15, -0.1) is 0 Å². The van der Waals surface area contributed by atoms with Crippen molar-refractivity contribution in [1.29, 1.82) is 0 Å². The highest BCUT2D eigenvalue weighted by atomic mass is 19.1. The maximum Gasteiger partial charge on any atom is 0.270 e. The predicted octanol–water partition coefficient (Wildman–Crippen LogP) is 2.82. The van der Waals surface area contributed by atoms with Crippen LogP contribution in [0.2, 0.25) is 0 Å². The molecule has 1 aliphatic rings. The molecule has 1 fully saturated rings. The van der Waals surface area contributed by atoms with Gasteiger partial charge in [0.15, 0.2) is 0 Å². The van der Waals surface area contributed by atoms with Crippen LogP contribution in [0.5, 0.6) is 0 Å². The average Bonchev–Trinajstić information content (AvgIpc) is 2.63. The van der Waals surface area contributed by atoms with Crippen molar-refractivity contribution in [1.82, 2.24) is 0 Å². The molecular formula is C17H16FN3O4. The molecular weight excluding hydrogens is 329 g/mol. The topological polar surface area (TPSA) is 84.7 Å². The van der Waals surface area contributed by atoms with Crippen LogP contribution in [0.25, 0.3) is 0 Å². The maximum absolute atomic E-state index is 13.0. The Morgan fingerprint density at radius 2 is 1.84 bits per heavy atom. The summed E-state index contributed by atoms with van der Waals surface area (Å²) in [6.07, 6.45) is 0. The van der Waals surface area contributed by atoms with Crippen LogP contribution < -0.4 is 10.2 Å². The van der Waals surface area contributed by atoms with Crippen LogP contribution in [-0.4, -0.2) is 37.1 Å². The number of halogens is 1. The number of nitro benzene ring substituents is 1. The van der Waals surface area contributed by atoms with E-state index >= 15 is 0 Å². The van der Waals surface area contributed by atoms with Crippen LogP contribution in [0.1, 0.15) is 10.4 Å². The van der Waals surface area contributed by atoms with E-state index in [1.54, 1.807) is 6.07 Å². The number of nitrogens with zero attached hydrogens (tertiary/aromatic N) is 2. The van der Waals surface area contributed by atoms with Crippen LogP contribution in [0.4, 0.5) is 21.5 Å². The average molecular weight is 345 g/mol. The van der Waals surface area contributed by atoms with Gasteiger partial charge in [0.05, 0.1) is 29.4 Å². The zero-order valence-corrected chi connectivity index (χ0v) is 13.3. The highest BCUT2D eigenvalue weighted by Crippen LogP contribution is 2.27. The normalized spacial score (nSPS) is 14.2. The molecule has 0 atom stereocenters. The number of ether oxygens (including phenoxy) is 1. The van der Waals surface area contributed by atoms with Crippen molar-refractivity contribution in [2.24, 2.45) is 0 Å². The maximum atomic E-state index is 13.0. The van der Waals surface area contributed by atoms with Crippen molar-refractivity contribution < 1.29 is 18.8 Å². The van der Waals surface area contributed by atoms with Gasteiger partial charge in [0, 0.05) is 30.9 Å². The Bertz CT molecular complexity index is 789. The van der Waals surface area contributed by atoms with Gasteiger partial charge in [0.25, 0.3) is 11.6 Å². The second-order valence-corrected chi connectivity index (χ2v) is 5.52. The molecule has 1 aliphatic heterocycles. The minimum absolute atomic E-state index is 0.165. The monoisotopic (exact) mass is 345 g/mol. The quantitative estimate of drug-likeness (QED) is 0.680. The van der Waals surface area contributed by atoms with E-state index in [-0.39, 0.29) is 11.3 Å². The van der Waals surface area contributed by atoms with E-state index in [1.807, 2.05) is 4.90 Å². The van der Waals surface area contributed by atoms with Crippen molar-refractivity contribution in [3.63, 3.8) is 0 Å². The summed E-state index contributed by atoms with van der Waals surface area (Å²) < 4.78 is 18.3. The molecule has 8 heteroatoms. The third-order valence-corrected chi connectivity index (χ3v) is 3.89. The minimum Gasteiger partial charge on any atom is -0.378 e. The van der Waals surface area contributed by atoms with Crippen LogP contribution in [-0.2, 0) is 4.74 Å². The lowest BCUT2D eigenvalue weighted by molar-refractivity contribution is -0.384. The van der Waals surface area contributed by atoms with Crippen LogP contribution in [0.3, 0.4) is 0 Å². The molecule has 130 valence electrons. The Kier molecular flexibility index (Phi) is 4.90. The number of rotatable bonds is 4. The smallest absolute Gasteiger partial charge is 0.270 e. The van der Waals surface area contributed by atoms with Gasteiger partial charge in [-0.3, -0.25) is 14.9 Å². The van der Waals surface area contributed by atoms with E-state index < -0.39 is 16.6 Å². The standard InChI is InChI=1S/C17H16FN3O4/c18-12-1-3-13(4-2-12)19-17(22)15-11-14(21(23)24)5-6-16(15)20-7-9-25-10-8-20/h1-6,11H,7-10H2,(H,19,22). The van der Waals surface area contributed by atoms with Crippen LogP contribution in [0.15, 0.2) is 42.5 Å². The van der Waals surface area contributed by atoms with Gasteiger partial charge < -0.3 is 15.0 Å². The van der Waals surface area contributed by atoms with Gasteiger partial charge in [0.1, 0.15) is 5.82 Å². The Labute approximate surface area is 143 Å². The number of benzene rings is 2. The lowest BCUT2D eigenvalue weighted by Gasteiger charge is -2.30. The summed E-state index contributed by atoms with van der Waals surface area (Å²) in [4.78, 5) is 25.1. The highest BCUT2D eigenvalue weighted by molar-refractivity contribution is 6.08. The Morgan fingerprint density at radius 1 is 1.16 bits per heavy atom. The summed E-state index contributed by atoms with van der Waals surface area (Å²) in [6, 6.07) is 9.52.